The van der Waals surface area contributed by atoms with E-state index in [2.05, 4.69) is 12.2 Å². The minimum atomic E-state index is -1.40. The third-order valence-electron chi connectivity index (χ3n) is 2.65. The molecule has 1 aromatic rings. The second-order valence-electron chi connectivity index (χ2n) is 4.32. The van der Waals surface area contributed by atoms with Gasteiger partial charge in [-0.1, -0.05) is 13.0 Å². The molecule has 18 heavy (non-hydrogen) atoms. The number of likely N-dealkylation sites (N-methyl/N-ethyl adjacent to an activating group) is 1. The Morgan fingerprint density at radius 3 is 2.50 bits per heavy atom. The molecule has 0 bridgehead atoms. The van der Waals surface area contributed by atoms with Crippen LogP contribution in [0.5, 0.6) is 0 Å². The minimum Gasteiger partial charge on any atom is -0.315 e. The zero-order chi connectivity index (χ0) is 13.5. The van der Waals surface area contributed by atoms with Crippen molar-refractivity contribution < 1.29 is 13.2 Å². The molecular formula is C13H19F3N2. The summed E-state index contributed by atoms with van der Waals surface area (Å²) in [6.45, 7) is 4.78. The lowest BCUT2D eigenvalue weighted by Crippen LogP contribution is -2.29. The lowest BCUT2D eigenvalue weighted by molar-refractivity contribution is 0.315. The minimum absolute atomic E-state index is 0.173. The Labute approximate surface area is 106 Å². The summed E-state index contributed by atoms with van der Waals surface area (Å²) in [5.74, 6) is -3.64. The summed E-state index contributed by atoms with van der Waals surface area (Å²) in [5, 5.41) is 3.22. The van der Waals surface area contributed by atoms with Crippen molar-refractivity contribution in [2.75, 3.05) is 26.7 Å². The molecule has 0 atom stereocenters. The van der Waals surface area contributed by atoms with Crippen LogP contribution in [0.15, 0.2) is 12.1 Å². The second-order valence-corrected chi connectivity index (χ2v) is 4.32. The molecule has 0 amide bonds. The van der Waals surface area contributed by atoms with Crippen LogP contribution in [-0.2, 0) is 6.54 Å². The maximum Gasteiger partial charge on any atom is 0.194 e. The van der Waals surface area contributed by atoms with Crippen molar-refractivity contribution in [2.45, 2.75) is 19.9 Å². The van der Waals surface area contributed by atoms with Crippen molar-refractivity contribution in [3.8, 4) is 0 Å². The van der Waals surface area contributed by atoms with E-state index in [9.17, 15) is 13.2 Å². The van der Waals surface area contributed by atoms with Gasteiger partial charge in [-0.2, -0.15) is 0 Å². The summed E-state index contributed by atoms with van der Waals surface area (Å²) in [7, 11) is 1.81. The average molecular weight is 260 g/mol. The summed E-state index contributed by atoms with van der Waals surface area (Å²) in [6, 6.07) is 2.24. The number of nitrogens with zero attached hydrogens (tertiary/aromatic N) is 1. The van der Waals surface area contributed by atoms with Gasteiger partial charge in [0.15, 0.2) is 17.5 Å². The molecule has 0 aliphatic carbocycles. The van der Waals surface area contributed by atoms with Crippen LogP contribution in [0.2, 0.25) is 0 Å². The van der Waals surface area contributed by atoms with Gasteiger partial charge in [0.25, 0.3) is 0 Å². The van der Waals surface area contributed by atoms with Gasteiger partial charge in [0.1, 0.15) is 0 Å². The van der Waals surface area contributed by atoms with E-state index >= 15 is 0 Å². The number of hydrogen-bond donors (Lipinski definition) is 1. The summed E-state index contributed by atoms with van der Waals surface area (Å²) in [4.78, 5) is 1.86. The zero-order valence-corrected chi connectivity index (χ0v) is 10.8. The van der Waals surface area contributed by atoms with Gasteiger partial charge in [0.05, 0.1) is 0 Å². The Morgan fingerprint density at radius 1 is 1.11 bits per heavy atom. The molecule has 5 heteroatoms. The molecule has 0 saturated carbocycles. The van der Waals surface area contributed by atoms with Crippen LogP contribution in [0, 0.1) is 17.5 Å². The number of rotatable bonds is 7. The molecule has 1 aromatic carbocycles. The van der Waals surface area contributed by atoms with E-state index in [0.29, 0.717) is 0 Å². The van der Waals surface area contributed by atoms with E-state index in [1.54, 1.807) is 0 Å². The van der Waals surface area contributed by atoms with Gasteiger partial charge in [-0.05, 0) is 26.1 Å². The molecule has 0 aliphatic rings. The van der Waals surface area contributed by atoms with Gasteiger partial charge in [-0.3, -0.25) is 0 Å². The number of halogens is 3. The van der Waals surface area contributed by atoms with E-state index in [1.807, 2.05) is 11.9 Å². The highest BCUT2D eigenvalue weighted by molar-refractivity contribution is 5.20. The quantitative estimate of drug-likeness (QED) is 0.598. The number of hydrogen-bond acceptors (Lipinski definition) is 2. The smallest absolute Gasteiger partial charge is 0.194 e. The molecule has 0 fully saturated rings. The molecule has 1 N–H and O–H groups in total. The molecule has 0 saturated heterocycles. The van der Waals surface area contributed by atoms with Crippen LogP contribution in [0.1, 0.15) is 18.9 Å². The highest BCUT2D eigenvalue weighted by Gasteiger charge is 2.14. The summed E-state index contributed by atoms with van der Waals surface area (Å²) < 4.78 is 39.2. The Balaban J connectivity index is 2.49. The summed E-state index contributed by atoms with van der Waals surface area (Å²) in [5.41, 5.74) is 0.173. The molecule has 0 spiro atoms. The normalized spacial score (nSPS) is 11.2. The van der Waals surface area contributed by atoms with E-state index in [4.69, 9.17) is 0 Å². The van der Waals surface area contributed by atoms with E-state index < -0.39 is 17.5 Å². The first-order valence-corrected chi connectivity index (χ1v) is 6.08. The largest absolute Gasteiger partial charge is 0.315 e. The predicted octanol–water partition coefficient (Wildman–Crippen LogP) is 2.54. The van der Waals surface area contributed by atoms with Gasteiger partial charge >= 0.3 is 0 Å². The molecule has 0 aliphatic heterocycles. The lowest BCUT2D eigenvalue weighted by atomic mass is 10.2. The third kappa shape index (κ3) is 4.31. The van der Waals surface area contributed by atoms with Crippen LogP contribution in [-0.4, -0.2) is 31.6 Å². The van der Waals surface area contributed by atoms with Crippen molar-refractivity contribution in [1.82, 2.24) is 10.2 Å². The van der Waals surface area contributed by atoms with Crippen molar-refractivity contribution >= 4 is 0 Å². The van der Waals surface area contributed by atoms with Gasteiger partial charge in [0.2, 0.25) is 0 Å². The SMILES string of the molecule is CCCNCCN(C)Cc1ccc(F)c(F)c1F. The Hall–Kier alpha value is -1.07. The molecule has 102 valence electrons. The van der Waals surface area contributed by atoms with Crippen molar-refractivity contribution in [3.05, 3.63) is 35.1 Å². The van der Waals surface area contributed by atoms with Gasteiger partial charge in [-0.25, -0.2) is 13.2 Å². The summed E-state index contributed by atoms with van der Waals surface area (Å²) in [6.07, 6.45) is 1.06. The second kappa shape index (κ2) is 7.38. The van der Waals surface area contributed by atoms with E-state index in [0.717, 1.165) is 32.1 Å². The predicted molar refractivity (Wildman–Crippen MR) is 65.8 cm³/mol. The fraction of sp³-hybridized carbons (Fsp3) is 0.538. The summed E-state index contributed by atoms with van der Waals surface area (Å²) >= 11 is 0. The average Bonchev–Trinajstić information content (AvgIpc) is 2.35. The number of nitrogens with one attached hydrogen (secondary N) is 1. The van der Waals surface area contributed by atoms with Crippen LogP contribution in [0.3, 0.4) is 0 Å². The van der Waals surface area contributed by atoms with Crippen LogP contribution >= 0.6 is 0 Å². The maximum atomic E-state index is 13.4. The molecule has 0 unspecified atom stereocenters. The Bertz CT molecular complexity index is 383. The fourth-order valence-corrected chi connectivity index (χ4v) is 1.63. The molecule has 0 radical (unpaired) electrons. The van der Waals surface area contributed by atoms with Gasteiger partial charge < -0.3 is 10.2 Å². The van der Waals surface area contributed by atoms with E-state index in [-0.39, 0.29) is 12.1 Å². The van der Waals surface area contributed by atoms with Gasteiger partial charge in [-0.15, -0.1) is 0 Å². The number of benzene rings is 1. The standard InChI is InChI=1S/C13H19F3N2/c1-3-6-17-7-8-18(2)9-10-4-5-11(14)13(16)12(10)15/h4-5,17H,3,6-9H2,1-2H3. The van der Waals surface area contributed by atoms with Crippen LogP contribution in [0.4, 0.5) is 13.2 Å². The van der Waals surface area contributed by atoms with Crippen molar-refractivity contribution in [1.29, 1.82) is 0 Å². The molecule has 0 aromatic heterocycles. The molecular weight excluding hydrogens is 241 g/mol. The van der Waals surface area contributed by atoms with Crippen molar-refractivity contribution in [2.24, 2.45) is 0 Å². The van der Waals surface area contributed by atoms with Gasteiger partial charge in [0, 0.05) is 25.2 Å². The molecule has 1 rings (SSSR count). The first kappa shape index (κ1) is 15.0. The first-order valence-electron chi connectivity index (χ1n) is 6.08. The topological polar surface area (TPSA) is 15.3 Å². The maximum absolute atomic E-state index is 13.4. The third-order valence-corrected chi connectivity index (χ3v) is 2.65. The lowest BCUT2D eigenvalue weighted by Gasteiger charge is -2.17. The Morgan fingerprint density at radius 2 is 1.83 bits per heavy atom. The fourth-order valence-electron chi connectivity index (χ4n) is 1.63. The first-order chi connectivity index (χ1) is 8.56. The van der Waals surface area contributed by atoms with Crippen LogP contribution < -0.4 is 5.32 Å². The molecule has 0 heterocycles. The monoisotopic (exact) mass is 260 g/mol. The van der Waals surface area contributed by atoms with E-state index in [1.165, 1.54) is 6.07 Å². The van der Waals surface area contributed by atoms with Crippen LogP contribution in [0.25, 0.3) is 0 Å². The van der Waals surface area contributed by atoms with Crippen molar-refractivity contribution in [3.63, 3.8) is 0 Å². The molecule has 2 nitrogen and oxygen atoms in total. The highest BCUT2D eigenvalue weighted by Crippen LogP contribution is 2.16. The Kier molecular flexibility index (Phi) is 6.15. The zero-order valence-electron chi connectivity index (χ0n) is 10.8. The highest BCUT2D eigenvalue weighted by atomic mass is 19.2.